The SMILES string of the molecule is CCc1nc(Cn2cc(C)c(=O)[nH]c2=O)cs1. The normalized spacial score (nSPS) is 10.7. The molecule has 0 saturated carbocycles. The average Bonchev–Trinajstić information content (AvgIpc) is 2.73. The summed E-state index contributed by atoms with van der Waals surface area (Å²) in [4.78, 5) is 29.4. The average molecular weight is 251 g/mol. The third-order valence-corrected chi connectivity index (χ3v) is 3.47. The molecule has 5 nitrogen and oxygen atoms in total. The molecule has 1 N–H and O–H groups in total. The van der Waals surface area contributed by atoms with E-state index in [0.717, 1.165) is 17.1 Å². The van der Waals surface area contributed by atoms with Gasteiger partial charge in [0.25, 0.3) is 5.56 Å². The Labute approximate surface area is 102 Å². The molecular formula is C11H13N3O2S. The van der Waals surface area contributed by atoms with Crippen molar-refractivity contribution in [2.24, 2.45) is 0 Å². The third-order valence-electron chi connectivity index (χ3n) is 2.42. The Morgan fingerprint density at radius 1 is 1.47 bits per heavy atom. The second-order valence-electron chi connectivity index (χ2n) is 3.79. The number of H-pyrrole nitrogens is 1. The highest BCUT2D eigenvalue weighted by molar-refractivity contribution is 7.09. The first-order valence-electron chi connectivity index (χ1n) is 5.33. The molecule has 17 heavy (non-hydrogen) atoms. The Hall–Kier alpha value is -1.69. The minimum absolute atomic E-state index is 0.334. The summed E-state index contributed by atoms with van der Waals surface area (Å²) < 4.78 is 1.46. The number of hydrogen-bond donors (Lipinski definition) is 1. The van der Waals surface area contributed by atoms with E-state index in [1.165, 1.54) is 4.57 Å². The maximum absolute atomic E-state index is 11.6. The van der Waals surface area contributed by atoms with Crippen LogP contribution in [0.3, 0.4) is 0 Å². The predicted octanol–water partition coefficient (Wildman–Crippen LogP) is 0.912. The van der Waals surface area contributed by atoms with Crippen LogP contribution in [0.15, 0.2) is 21.2 Å². The molecule has 0 fully saturated rings. The topological polar surface area (TPSA) is 67.8 Å². The maximum atomic E-state index is 11.6. The van der Waals surface area contributed by atoms with Crippen LogP contribution in [-0.2, 0) is 13.0 Å². The molecule has 0 spiro atoms. The van der Waals surface area contributed by atoms with Crippen LogP contribution in [0.25, 0.3) is 0 Å². The van der Waals surface area contributed by atoms with E-state index in [1.54, 1.807) is 24.5 Å². The second kappa shape index (κ2) is 4.67. The maximum Gasteiger partial charge on any atom is 0.328 e. The van der Waals surface area contributed by atoms with E-state index in [-0.39, 0.29) is 5.56 Å². The molecule has 0 aliphatic rings. The van der Waals surface area contributed by atoms with E-state index in [1.807, 2.05) is 12.3 Å². The fourth-order valence-corrected chi connectivity index (χ4v) is 2.23. The standard InChI is InChI=1S/C11H13N3O2S/c1-3-9-12-8(6-17-9)5-14-4-7(2)10(15)13-11(14)16/h4,6H,3,5H2,1-2H3,(H,13,15,16). The first-order chi connectivity index (χ1) is 8.10. The van der Waals surface area contributed by atoms with Gasteiger partial charge >= 0.3 is 5.69 Å². The highest BCUT2D eigenvalue weighted by Crippen LogP contribution is 2.10. The molecule has 0 atom stereocenters. The van der Waals surface area contributed by atoms with Crippen LogP contribution in [0.5, 0.6) is 0 Å². The summed E-state index contributed by atoms with van der Waals surface area (Å²) >= 11 is 1.58. The number of nitrogens with one attached hydrogen (secondary N) is 1. The van der Waals surface area contributed by atoms with Crippen molar-refractivity contribution in [1.29, 1.82) is 0 Å². The van der Waals surface area contributed by atoms with Gasteiger partial charge in [-0.25, -0.2) is 9.78 Å². The molecule has 0 radical (unpaired) electrons. The Bertz CT molecular complexity index is 639. The molecular weight excluding hydrogens is 238 g/mol. The van der Waals surface area contributed by atoms with Gasteiger partial charge in [-0.1, -0.05) is 6.92 Å². The minimum Gasteiger partial charge on any atom is -0.294 e. The van der Waals surface area contributed by atoms with Crippen LogP contribution in [-0.4, -0.2) is 14.5 Å². The Morgan fingerprint density at radius 2 is 2.24 bits per heavy atom. The van der Waals surface area contributed by atoms with Crippen molar-refractivity contribution in [2.45, 2.75) is 26.8 Å². The second-order valence-corrected chi connectivity index (χ2v) is 4.73. The molecule has 0 amide bonds. The summed E-state index contributed by atoms with van der Waals surface area (Å²) in [6.07, 6.45) is 2.45. The Balaban J connectivity index is 2.33. The van der Waals surface area contributed by atoms with Gasteiger partial charge in [0, 0.05) is 17.1 Å². The van der Waals surface area contributed by atoms with Gasteiger partial charge < -0.3 is 0 Å². The van der Waals surface area contributed by atoms with Crippen molar-refractivity contribution in [3.63, 3.8) is 0 Å². The van der Waals surface area contributed by atoms with Crippen LogP contribution in [0.1, 0.15) is 23.2 Å². The summed E-state index contributed by atoms with van der Waals surface area (Å²) in [6.45, 7) is 4.11. The van der Waals surface area contributed by atoms with Crippen molar-refractivity contribution >= 4 is 11.3 Å². The van der Waals surface area contributed by atoms with Crippen LogP contribution in [0, 0.1) is 6.92 Å². The summed E-state index contributed by atoms with van der Waals surface area (Å²) in [6, 6.07) is 0. The Kier molecular flexibility index (Phi) is 3.23. The molecule has 90 valence electrons. The molecule has 0 aromatic carbocycles. The van der Waals surface area contributed by atoms with Gasteiger partial charge in [0.2, 0.25) is 0 Å². The zero-order valence-electron chi connectivity index (χ0n) is 9.69. The number of hydrogen-bond acceptors (Lipinski definition) is 4. The highest BCUT2D eigenvalue weighted by Gasteiger charge is 2.04. The van der Waals surface area contributed by atoms with Gasteiger partial charge in [-0.15, -0.1) is 11.3 Å². The summed E-state index contributed by atoms with van der Waals surface area (Å²) in [5.74, 6) is 0. The van der Waals surface area contributed by atoms with Crippen molar-refractivity contribution < 1.29 is 0 Å². The lowest BCUT2D eigenvalue weighted by molar-refractivity contribution is 0.700. The van der Waals surface area contributed by atoms with Gasteiger partial charge in [-0.2, -0.15) is 0 Å². The van der Waals surface area contributed by atoms with Crippen LogP contribution in [0.2, 0.25) is 0 Å². The predicted molar refractivity (Wildman–Crippen MR) is 66.7 cm³/mol. The van der Waals surface area contributed by atoms with E-state index < -0.39 is 5.69 Å². The molecule has 2 heterocycles. The van der Waals surface area contributed by atoms with Crippen LogP contribution >= 0.6 is 11.3 Å². The molecule has 0 aliphatic heterocycles. The molecule has 0 saturated heterocycles. The van der Waals surface area contributed by atoms with Crippen molar-refractivity contribution in [2.75, 3.05) is 0 Å². The van der Waals surface area contributed by atoms with Gasteiger partial charge in [0.15, 0.2) is 0 Å². The van der Waals surface area contributed by atoms with Gasteiger partial charge in [0.1, 0.15) is 0 Å². The zero-order valence-corrected chi connectivity index (χ0v) is 10.5. The first-order valence-corrected chi connectivity index (χ1v) is 6.21. The summed E-state index contributed by atoms with van der Waals surface area (Å²) in [7, 11) is 0. The number of rotatable bonds is 3. The number of aryl methyl sites for hydroxylation is 2. The number of nitrogens with zero attached hydrogens (tertiary/aromatic N) is 2. The lowest BCUT2D eigenvalue weighted by Gasteiger charge is -2.03. The fraction of sp³-hybridized carbons (Fsp3) is 0.364. The minimum atomic E-state index is -0.397. The molecule has 0 aliphatic carbocycles. The van der Waals surface area contributed by atoms with Crippen LogP contribution in [0.4, 0.5) is 0 Å². The quantitative estimate of drug-likeness (QED) is 0.881. The van der Waals surface area contributed by atoms with E-state index in [2.05, 4.69) is 9.97 Å². The number of thiazole rings is 1. The smallest absolute Gasteiger partial charge is 0.294 e. The first kappa shape index (κ1) is 11.8. The zero-order chi connectivity index (χ0) is 12.4. The van der Waals surface area contributed by atoms with Gasteiger partial charge in [0.05, 0.1) is 17.2 Å². The lowest BCUT2D eigenvalue weighted by atomic mass is 10.4. The molecule has 6 heteroatoms. The van der Waals surface area contributed by atoms with E-state index in [0.29, 0.717) is 12.1 Å². The van der Waals surface area contributed by atoms with Crippen molar-refractivity contribution in [1.82, 2.24) is 14.5 Å². The fourth-order valence-electron chi connectivity index (χ4n) is 1.49. The third kappa shape index (κ3) is 2.52. The largest absolute Gasteiger partial charge is 0.328 e. The van der Waals surface area contributed by atoms with Gasteiger partial charge in [-0.05, 0) is 13.3 Å². The number of aromatic nitrogens is 3. The monoisotopic (exact) mass is 251 g/mol. The van der Waals surface area contributed by atoms with E-state index in [4.69, 9.17) is 0 Å². The van der Waals surface area contributed by atoms with Crippen LogP contribution < -0.4 is 11.2 Å². The lowest BCUT2D eigenvalue weighted by Crippen LogP contribution is -2.31. The Morgan fingerprint density at radius 3 is 2.88 bits per heavy atom. The molecule has 0 bridgehead atoms. The molecule has 2 rings (SSSR count). The van der Waals surface area contributed by atoms with Crippen molar-refractivity contribution in [3.05, 3.63) is 48.7 Å². The summed E-state index contributed by atoms with van der Waals surface area (Å²) in [5, 5.41) is 2.99. The molecule has 2 aromatic rings. The highest BCUT2D eigenvalue weighted by atomic mass is 32.1. The van der Waals surface area contributed by atoms with E-state index in [9.17, 15) is 9.59 Å². The molecule has 0 unspecified atom stereocenters. The summed E-state index contributed by atoms with van der Waals surface area (Å²) in [5.41, 5.74) is 0.640. The van der Waals surface area contributed by atoms with Crippen molar-refractivity contribution in [3.8, 4) is 0 Å². The van der Waals surface area contributed by atoms with E-state index >= 15 is 0 Å². The molecule has 2 aromatic heterocycles. The van der Waals surface area contributed by atoms with Gasteiger partial charge in [-0.3, -0.25) is 14.3 Å². The number of aromatic amines is 1.